The minimum absolute atomic E-state index is 0.0990. The van der Waals surface area contributed by atoms with Crippen molar-refractivity contribution >= 4 is 11.0 Å². The first-order valence-electron chi connectivity index (χ1n) is 7.71. The van der Waals surface area contributed by atoms with Crippen LogP contribution in [0.1, 0.15) is 11.1 Å². The van der Waals surface area contributed by atoms with Crippen molar-refractivity contribution in [2.24, 2.45) is 7.05 Å². The number of hydrogen-bond donors (Lipinski definition) is 1. The fourth-order valence-electron chi connectivity index (χ4n) is 2.53. The average molecular weight is 328 g/mol. The van der Waals surface area contributed by atoms with Gasteiger partial charge in [0.2, 0.25) is 0 Å². The Balaban J connectivity index is 1.71. The van der Waals surface area contributed by atoms with Gasteiger partial charge >= 0.3 is 0 Å². The summed E-state index contributed by atoms with van der Waals surface area (Å²) in [6.45, 7) is 4.15. The van der Waals surface area contributed by atoms with Crippen LogP contribution < -0.4 is 10.3 Å². The van der Waals surface area contributed by atoms with Gasteiger partial charge < -0.3 is 9.84 Å². The molecule has 3 rings (SSSR count). The summed E-state index contributed by atoms with van der Waals surface area (Å²) in [6, 6.07) is 5.91. The lowest BCUT2D eigenvalue weighted by molar-refractivity contribution is 0.0911. The summed E-state index contributed by atoms with van der Waals surface area (Å²) in [5.41, 5.74) is 2.40. The molecule has 7 nitrogen and oxygen atoms in total. The molecule has 2 aromatic heterocycles. The van der Waals surface area contributed by atoms with Gasteiger partial charge in [0.25, 0.3) is 5.56 Å². The summed E-state index contributed by atoms with van der Waals surface area (Å²) >= 11 is 0. The Morgan fingerprint density at radius 2 is 2.12 bits per heavy atom. The number of ether oxygens (including phenoxy) is 1. The summed E-state index contributed by atoms with van der Waals surface area (Å²) in [4.78, 5) is 16.6. The van der Waals surface area contributed by atoms with E-state index in [1.54, 1.807) is 11.7 Å². The number of fused-ring (bicyclic) bond motifs is 1. The first kappa shape index (κ1) is 16.2. The molecule has 0 fully saturated rings. The Morgan fingerprint density at radius 1 is 1.33 bits per heavy atom. The third-order valence-corrected chi connectivity index (χ3v) is 3.90. The summed E-state index contributed by atoms with van der Waals surface area (Å²) in [5, 5.41) is 14.6. The van der Waals surface area contributed by atoms with Crippen molar-refractivity contribution in [1.29, 1.82) is 0 Å². The molecule has 0 saturated carbocycles. The number of nitrogens with zero attached hydrogens (tertiary/aromatic N) is 4. The number of aryl methyl sites for hydroxylation is 3. The Labute approximate surface area is 139 Å². The predicted molar refractivity (Wildman–Crippen MR) is 90.2 cm³/mol. The van der Waals surface area contributed by atoms with Crippen LogP contribution in [-0.2, 0) is 13.6 Å². The van der Waals surface area contributed by atoms with Gasteiger partial charge in [-0.15, -0.1) is 0 Å². The van der Waals surface area contributed by atoms with E-state index in [4.69, 9.17) is 4.74 Å². The molecule has 0 bridgehead atoms. The van der Waals surface area contributed by atoms with Crippen molar-refractivity contribution < 1.29 is 9.84 Å². The maximum atomic E-state index is 12.4. The molecule has 1 aromatic carbocycles. The highest BCUT2D eigenvalue weighted by Gasteiger charge is 2.12. The maximum Gasteiger partial charge on any atom is 0.264 e. The molecule has 7 heteroatoms. The Morgan fingerprint density at radius 3 is 2.92 bits per heavy atom. The molecule has 126 valence electrons. The third kappa shape index (κ3) is 3.16. The number of rotatable bonds is 5. The van der Waals surface area contributed by atoms with Crippen LogP contribution in [0.5, 0.6) is 5.75 Å². The molecule has 1 unspecified atom stereocenters. The van der Waals surface area contributed by atoms with E-state index in [2.05, 4.69) is 10.1 Å². The predicted octanol–water partition coefficient (Wildman–Crippen LogP) is 1.19. The molecule has 3 aromatic rings. The van der Waals surface area contributed by atoms with Crippen LogP contribution in [0.3, 0.4) is 0 Å². The standard InChI is InChI=1S/C17H20N4O3/c1-11-4-5-12(2)15(6-11)24-9-13(22)8-21-10-18-16-14(17(21)23)7-19-20(16)3/h4-7,10,13,22H,8-9H2,1-3H3. The highest BCUT2D eigenvalue weighted by Crippen LogP contribution is 2.19. The average Bonchev–Trinajstić information content (AvgIpc) is 2.93. The second-order valence-electron chi connectivity index (χ2n) is 5.94. The zero-order valence-corrected chi connectivity index (χ0v) is 13.9. The number of hydrogen-bond acceptors (Lipinski definition) is 5. The lowest BCUT2D eigenvalue weighted by Gasteiger charge is -2.15. The third-order valence-electron chi connectivity index (χ3n) is 3.90. The second-order valence-corrected chi connectivity index (χ2v) is 5.94. The van der Waals surface area contributed by atoms with E-state index >= 15 is 0 Å². The van der Waals surface area contributed by atoms with Crippen molar-refractivity contribution in [1.82, 2.24) is 19.3 Å². The van der Waals surface area contributed by atoms with E-state index in [0.29, 0.717) is 11.0 Å². The molecule has 0 aliphatic rings. The summed E-state index contributed by atoms with van der Waals surface area (Å²) < 4.78 is 8.60. The van der Waals surface area contributed by atoms with Crippen LogP contribution in [-0.4, -0.2) is 37.1 Å². The highest BCUT2D eigenvalue weighted by atomic mass is 16.5. The molecule has 2 heterocycles. The Bertz CT molecular complexity index is 929. The van der Waals surface area contributed by atoms with Gasteiger partial charge in [0.15, 0.2) is 5.65 Å². The fourth-order valence-corrected chi connectivity index (χ4v) is 2.53. The topological polar surface area (TPSA) is 82.2 Å². The largest absolute Gasteiger partial charge is 0.491 e. The molecule has 0 aliphatic carbocycles. The van der Waals surface area contributed by atoms with Gasteiger partial charge in [0.05, 0.1) is 12.7 Å². The van der Waals surface area contributed by atoms with Crippen molar-refractivity contribution in [3.63, 3.8) is 0 Å². The van der Waals surface area contributed by atoms with Crippen LogP contribution in [0.4, 0.5) is 0 Å². The van der Waals surface area contributed by atoms with Crippen molar-refractivity contribution in [3.05, 3.63) is 52.2 Å². The van der Waals surface area contributed by atoms with Crippen molar-refractivity contribution in [3.8, 4) is 5.75 Å². The Hall–Kier alpha value is -2.67. The molecule has 0 amide bonds. The molecule has 1 N–H and O–H groups in total. The van der Waals surface area contributed by atoms with Gasteiger partial charge in [-0.3, -0.25) is 14.0 Å². The van der Waals surface area contributed by atoms with E-state index in [0.717, 1.165) is 16.9 Å². The monoisotopic (exact) mass is 328 g/mol. The molecule has 24 heavy (non-hydrogen) atoms. The van der Waals surface area contributed by atoms with Crippen LogP contribution >= 0.6 is 0 Å². The summed E-state index contributed by atoms with van der Waals surface area (Å²) in [7, 11) is 1.73. The second kappa shape index (κ2) is 6.45. The quantitative estimate of drug-likeness (QED) is 0.761. The van der Waals surface area contributed by atoms with Gasteiger partial charge in [-0.05, 0) is 31.0 Å². The fraction of sp³-hybridized carbons (Fsp3) is 0.353. The first-order valence-corrected chi connectivity index (χ1v) is 7.71. The molecule has 1 atom stereocenters. The normalized spacial score (nSPS) is 12.5. The molecule has 0 radical (unpaired) electrons. The minimum Gasteiger partial charge on any atom is -0.491 e. The van der Waals surface area contributed by atoms with Crippen LogP contribution in [0.15, 0.2) is 35.5 Å². The number of aromatic nitrogens is 4. The lowest BCUT2D eigenvalue weighted by Crippen LogP contribution is -2.30. The van der Waals surface area contributed by atoms with Crippen LogP contribution in [0.2, 0.25) is 0 Å². The van der Waals surface area contributed by atoms with Crippen LogP contribution in [0, 0.1) is 13.8 Å². The Kier molecular flexibility index (Phi) is 4.35. The zero-order chi connectivity index (χ0) is 17.3. The van der Waals surface area contributed by atoms with E-state index in [1.807, 2.05) is 32.0 Å². The van der Waals surface area contributed by atoms with E-state index in [1.165, 1.54) is 17.1 Å². The summed E-state index contributed by atoms with van der Waals surface area (Å²) in [5.74, 6) is 0.738. The smallest absolute Gasteiger partial charge is 0.264 e. The molecule has 0 saturated heterocycles. The number of benzene rings is 1. The number of aliphatic hydroxyl groups excluding tert-OH is 1. The van der Waals surface area contributed by atoms with E-state index in [9.17, 15) is 9.90 Å². The first-order chi connectivity index (χ1) is 11.5. The van der Waals surface area contributed by atoms with Gasteiger partial charge in [0.1, 0.15) is 30.2 Å². The maximum absolute atomic E-state index is 12.4. The van der Waals surface area contributed by atoms with Gasteiger partial charge in [0, 0.05) is 7.05 Å². The summed E-state index contributed by atoms with van der Waals surface area (Å²) in [6.07, 6.45) is 2.09. The van der Waals surface area contributed by atoms with Crippen LogP contribution in [0.25, 0.3) is 11.0 Å². The molecule has 0 aliphatic heterocycles. The van der Waals surface area contributed by atoms with Gasteiger partial charge in [-0.1, -0.05) is 12.1 Å². The number of aliphatic hydroxyl groups is 1. The lowest BCUT2D eigenvalue weighted by atomic mass is 10.1. The van der Waals surface area contributed by atoms with E-state index < -0.39 is 6.10 Å². The molecular formula is C17H20N4O3. The minimum atomic E-state index is -0.821. The molecule has 0 spiro atoms. The SMILES string of the molecule is Cc1ccc(C)c(OCC(O)Cn2cnc3c(cnn3C)c2=O)c1. The zero-order valence-electron chi connectivity index (χ0n) is 13.9. The highest BCUT2D eigenvalue weighted by molar-refractivity contribution is 5.72. The van der Waals surface area contributed by atoms with Gasteiger partial charge in [-0.2, -0.15) is 5.10 Å². The van der Waals surface area contributed by atoms with Crippen molar-refractivity contribution in [2.75, 3.05) is 6.61 Å². The van der Waals surface area contributed by atoms with E-state index in [-0.39, 0.29) is 18.7 Å². The molecular weight excluding hydrogens is 308 g/mol. The van der Waals surface area contributed by atoms with Gasteiger partial charge in [-0.25, -0.2) is 4.98 Å². The van der Waals surface area contributed by atoms with Crippen molar-refractivity contribution in [2.45, 2.75) is 26.5 Å².